The lowest BCUT2D eigenvalue weighted by Crippen LogP contribution is -2.31. The first kappa shape index (κ1) is 19.1. The Kier molecular flexibility index (Phi) is 8.95. The molecule has 0 spiro atoms. The Morgan fingerprint density at radius 1 is 1.04 bits per heavy atom. The summed E-state index contributed by atoms with van der Waals surface area (Å²) < 4.78 is 17.8. The molecule has 0 heterocycles. The zero-order valence-corrected chi connectivity index (χ0v) is 14.0. The molecule has 0 aromatic heterocycles. The summed E-state index contributed by atoms with van der Waals surface area (Å²) in [5.74, 6) is -0.556. The maximum absolute atomic E-state index is 12.9. The van der Waals surface area contributed by atoms with Crippen molar-refractivity contribution in [2.24, 2.45) is 0 Å². The lowest BCUT2D eigenvalue weighted by Gasteiger charge is -2.21. The zero-order chi connectivity index (χ0) is 17.1. The summed E-state index contributed by atoms with van der Waals surface area (Å²) >= 11 is 0. The second-order valence-electron chi connectivity index (χ2n) is 5.36. The van der Waals surface area contributed by atoms with E-state index in [9.17, 15) is 14.0 Å². The Hall–Kier alpha value is -1.91. The Bertz CT molecular complexity index is 488. The third kappa shape index (κ3) is 7.26. The second kappa shape index (κ2) is 10.8. The summed E-state index contributed by atoms with van der Waals surface area (Å²) in [6.07, 6.45) is 4.08. The van der Waals surface area contributed by atoms with E-state index in [2.05, 4.69) is 0 Å². The molecule has 1 rings (SSSR count). The fraction of sp³-hybridized carbons (Fsp3) is 0.556. The van der Waals surface area contributed by atoms with Gasteiger partial charge < -0.3 is 9.64 Å². The molecule has 0 unspecified atom stereocenters. The Labute approximate surface area is 137 Å². The van der Waals surface area contributed by atoms with Crippen molar-refractivity contribution < 1.29 is 18.7 Å². The van der Waals surface area contributed by atoms with Gasteiger partial charge in [-0.3, -0.25) is 9.59 Å². The van der Waals surface area contributed by atoms with Gasteiger partial charge in [0.2, 0.25) is 0 Å². The normalized spacial score (nSPS) is 10.4. The van der Waals surface area contributed by atoms with Crippen LogP contribution in [0.25, 0.3) is 0 Å². The van der Waals surface area contributed by atoms with Crippen molar-refractivity contribution in [2.45, 2.75) is 46.0 Å². The molecule has 1 amide bonds. The lowest BCUT2D eigenvalue weighted by atomic mass is 10.1. The number of benzene rings is 1. The molecule has 128 valence electrons. The van der Waals surface area contributed by atoms with Crippen LogP contribution >= 0.6 is 0 Å². The summed E-state index contributed by atoms with van der Waals surface area (Å²) in [7, 11) is 0. The van der Waals surface area contributed by atoms with E-state index >= 15 is 0 Å². The van der Waals surface area contributed by atoms with Crippen LogP contribution in [0.1, 0.15) is 56.3 Å². The largest absolute Gasteiger partial charge is 0.466 e. The van der Waals surface area contributed by atoms with E-state index in [0.29, 0.717) is 31.7 Å². The molecule has 0 saturated carbocycles. The van der Waals surface area contributed by atoms with Crippen molar-refractivity contribution in [1.29, 1.82) is 0 Å². The number of hydrogen-bond acceptors (Lipinski definition) is 3. The number of carbonyl (C=O) groups excluding carboxylic acids is 2. The summed E-state index contributed by atoms with van der Waals surface area (Å²) in [5, 5.41) is 0. The van der Waals surface area contributed by atoms with Gasteiger partial charge in [-0.2, -0.15) is 0 Å². The molecule has 4 nitrogen and oxygen atoms in total. The molecular formula is C18H26FNO3. The Morgan fingerprint density at radius 2 is 1.70 bits per heavy atom. The van der Waals surface area contributed by atoms with Crippen molar-refractivity contribution in [3.8, 4) is 0 Å². The van der Waals surface area contributed by atoms with Crippen molar-refractivity contribution in [3.05, 3.63) is 35.6 Å². The minimum atomic E-state index is -0.341. The van der Waals surface area contributed by atoms with E-state index in [4.69, 9.17) is 4.74 Å². The maximum Gasteiger partial charge on any atom is 0.305 e. The molecule has 5 heteroatoms. The second-order valence-corrected chi connectivity index (χ2v) is 5.36. The van der Waals surface area contributed by atoms with Gasteiger partial charge in [0, 0.05) is 25.1 Å². The molecule has 0 bridgehead atoms. The molecule has 0 aliphatic carbocycles. The SMILES string of the molecule is CCOC(=O)CCCCCCN(CC)C(=O)c1ccc(F)cc1. The van der Waals surface area contributed by atoms with E-state index in [1.807, 2.05) is 6.92 Å². The van der Waals surface area contributed by atoms with Crippen LogP contribution in [-0.4, -0.2) is 36.5 Å². The van der Waals surface area contributed by atoms with Crippen LogP contribution in [0.15, 0.2) is 24.3 Å². The molecule has 0 aliphatic heterocycles. The van der Waals surface area contributed by atoms with Gasteiger partial charge in [-0.1, -0.05) is 12.8 Å². The van der Waals surface area contributed by atoms with Crippen LogP contribution in [-0.2, 0) is 9.53 Å². The Morgan fingerprint density at radius 3 is 2.30 bits per heavy atom. The van der Waals surface area contributed by atoms with Crippen molar-refractivity contribution in [2.75, 3.05) is 19.7 Å². The van der Waals surface area contributed by atoms with Gasteiger partial charge in [0.1, 0.15) is 5.82 Å². The topological polar surface area (TPSA) is 46.6 Å². The van der Waals surface area contributed by atoms with Gasteiger partial charge >= 0.3 is 5.97 Å². The van der Waals surface area contributed by atoms with Crippen LogP contribution in [0, 0.1) is 5.82 Å². The summed E-state index contributed by atoms with van der Waals surface area (Å²) in [5.41, 5.74) is 0.510. The average Bonchev–Trinajstić information content (AvgIpc) is 2.54. The monoisotopic (exact) mass is 323 g/mol. The smallest absolute Gasteiger partial charge is 0.305 e. The van der Waals surface area contributed by atoms with Crippen LogP contribution < -0.4 is 0 Å². The molecule has 1 aromatic carbocycles. The standard InChI is InChI=1S/C18H26FNO3/c1-3-20(18(22)15-10-12-16(19)13-11-15)14-8-6-5-7-9-17(21)23-4-2/h10-13H,3-9,14H2,1-2H3. The molecule has 1 aromatic rings. The van der Waals surface area contributed by atoms with Gasteiger partial charge in [-0.15, -0.1) is 0 Å². The number of halogens is 1. The number of carbonyl (C=O) groups is 2. The third-order valence-electron chi connectivity index (χ3n) is 3.62. The van der Waals surface area contributed by atoms with Gasteiger partial charge in [0.05, 0.1) is 6.61 Å². The predicted molar refractivity (Wildman–Crippen MR) is 87.7 cm³/mol. The summed E-state index contributed by atoms with van der Waals surface area (Å²) in [6.45, 7) is 5.46. The van der Waals surface area contributed by atoms with Crippen LogP contribution in [0.5, 0.6) is 0 Å². The number of amides is 1. The van der Waals surface area contributed by atoms with Crippen LogP contribution in [0.4, 0.5) is 4.39 Å². The van der Waals surface area contributed by atoms with Crippen molar-refractivity contribution in [1.82, 2.24) is 4.90 Å². The number of rotatable bonds is 10. The first-order valence-electron chi connectivity index (χ1n) is 8.29. The fourth-order valence-corrected chi connectivity index (χ4v) is 2.34. The van der Waals surface area contributed by atoms with E-state index < -0.39 is 0 Å². The summed E-state index contributed by atoms with van der Waals surface area (Å²) in [6, 6.07) is 5.63. The first-order valence-corrected chi connectivity index (χ1v) is 8.29. The lowest BCUT2D eigenvalue weighted by molar-refractivity contribution is -0.143. The van der Waals surface area contributed by atoms with E-state index in [0.717, 1.165) is 25.7 Å². The van der Waals surface area contributed by atoms with Gasteiger partial charge in [0.25, 0.3) is 5.91 Å². The highest BCUT2D eigenvalue weighted by molar-refractivity contribution is 5.94. The molecular weight excluding hydrogens is 297 g/mol. The maximum atomic E-state index is 12.9. The number of unbranched alkanes of at least 4 members (excludes halogenated alkanes) is 3. The molecule has 23 heavy (non-hydrogen) atoms. The highest BCUT2D eigenvalue weighted by Gasteiger charge is 2.13. The van der Waals surface area contributed by atoms with Crippen LogP contribution in [0.2, 0.25) is 0 Å². The molecule has 0 atom stereocenters. The van der Waals surface area contributed by atoms with E-state index in [-0.39, 0.29) is 17.7 Å². The highest BCUT2D eigenvalue weighted by atomic mass is 19.1. The number of ether oxygens (including phenoxy) is 1. The quantitative estimate of drug-likeness (QED) is 0.486. The van der Waals surface area contributed by atoms with Crippen molar-refractivity contribution >= 4 is 11.9 Å². The van der Waals surface area contributed by atoms with E-state index in [1.165, 1.54) is 24.3 Å². The van der Waals surface area contributed by atoms with Gasteiger partial charge in [0.15, 0.2) is 0 Å². The minimum Gasteiger partial charge on any atom is -0.466 e. The van der Waals surface area contributed by atoms with Gasteiger partial charge in [-0.05, 0) is 51.0 Å². The number of nitrogens with zero attached hydrogens (tertiary/aromatic N) is 1. The molecule has 0 N–H and O–H groups in total. The average molecular weight is 323 g/mol. The Balaban J connectivity index is 2.27. The first-order chi connectivity index (χ1) is 11.1. The number of esters is 1. The van der Waals surface area contributed by atoms with Crippen molar-refractivity contribution in [3.63, 3.8) is 0 Å². The minimum absolute atomic E-state index is 0.0703. The summed E-state index contributed by atoms with van der Waals surface area (Å²) in [4.78, 5) is 25.3. The van der Waals surface area contributed by atoms with E-state index in [1.54, 1.807) is 11.8 Å². The van der Waals surface area contributed by atoms with Gasteiger partial charge in [-0.25, -0.2) is 4.39 Å². The highest BCUT2D eigenvalue weighted by Crippen LogP contribution is 2.10. The molecule has 0 radical (unpaired) electrons. The fourth-order valence-electron chi connectivity index (χ4n) is 2.34. The number of hydrogen-bond donors (Lipinski definition) is 0. The molecule has 0 saturated heterocycles. The van der Waals surface area contributed by atoms with Crippen LogP contribution in [0.3, 0.4) is 0 Å². The third-order valence-corrected chi connectivity index (χ3v) is 3.62. The predicted octanol–water partition coefficient (Wildman–Crippen LogP) is 3.80. The zero-order valence-electron chi connectivity index (χ0n) is 14.0. The molecule has 0 aliphatic rings. The molecule has 0 fully saturated rings.